The van der Waals surface area contributed by atoms with Crippen LogP contribution in [0.1, 0.15) is 30.9 Å². The average Bonchev–Trinajstić information content (AvgIpc) is 2.47. The molecular weight excluding hydrogens is 289 g/mol. The lowest BCUT2D eigenvalue weighted by Gasteiger charge is -2.11. The largest absolute Gasteiger partial charge is 0.264 e. The van der Waals surface area contributed by atoms with Crippen molar-refractivity contribution in [2.45, 2.75) is 32.6 Å². The second kappa shape index (κ2) is 7.66. The van der Waals surface area contributed by atoms with E-state index in [1.54, 1.807) is 0 Å². The standard InChI is InChI=1S/C17H19Cl2N/c1-13(5-7-15-3-2-10-20-12-15)4-6-14-8-9-16(18)17(19)11-14/h2-3,8-13H,4-7H2,1H3. The zero-order valence-corrected chi connectivity index (χ0v) is 13.2. The first kappa shape index (κ1) is 15.3. The summed E-state index contributed by atoms with van der Waals surface area (Å²) in [7, 11) is 0. The highest BCUT2D eigenvalue weighted by Crippen LogP contribution is 2.24. The predicted molar refractivity (Wildman–Crippen MR) is 86.5 cm³/mol. The van der Waals surface area contributed by atoms with Gasteiger partial charge in [-0.2, -0.15) is 0 Å². The summed E-state index contributed by atoms with van der Waals surface area (Å²) < 4.78 is 0. The second-order valence-electron chi connectivity index (χ2n) is 5.29. The molecule has 0 saturated carbocycles. The first-order chi connectivity index (χ1) is 9.65. The van der Waals surface area contributed by atoms with Crippen LogP contribution in [-0.4, -0.2) is 4.98 Å². The van der Waals surface area contributed by atoms with Crippen LogP contribution >= 0.6 is 23.2 Å². The Bertz CT molecular complexity index is 540. The van der Waals surface area contributed by atoms with Gasteiger partial charge in [0.1, 0.15) is 0 Å². The Balaban J connectivity index is 1.77. The molecule has 0 aliphatic heterocycles. The molecule has 0 saturated heterocycles. The van der Waals surface area contributed by atoms with Crippen molar-refractivity contribution in [1.82, 2.24) is 4.98 Å². The van der Waals surface area contributed by atoms with Crippen LogP contribution in [0.4, 0.5) is 0 Å². The lowest BCUT2D eigenvalue weighted by atomic mass is 9.95. The fourth-order valence-corrected chi connectivity index (χ4v) is 2.53. The number of rotatable bonds is 6. The van der Waals surface area contributed by atoms with E-state index >= 15 is 0 Å². The van der Waals surface area contributed by atoms with Gasteiger partial charge in [0, 0.05) is 12.4 Å². The van der Waals surface area contributed by atoms with Crippen LogP contribution in [0.3, 0.4) is 0 Å². The summed E-state index contributed by atoms with van der Waals surface area (Å²) in [6, 6.07) is 10.0. The predicted octanol–water partition coefficient (Wildman–Crippen LogP) is 5.59. The van der Waals surface area contributed by atoms with Gasteiger partial charge in [0.05, 0.1) is 10.0 Å². The number of pyridine rings is 1. The summed E-state index contributed by atoms with van der Waals surface area (Å²) in [5.74, 6) is 0.685. The highest BCUT2D eigenvalue weighted by molar-refractivity contribution is 6.42. The molecule has 0 spiro atoms. The Morgan fingerprint density at radius 2 is 1.75 bits per heavy atom. The molecule has 1 nitrogen and oxygen atoms in total. The maximum Gasteiger partial charge on any atom is 0.0595 e. The Kier molecular flexibility index (Phi) is 5.87. The minimum atomic E-state index is 0.625. The van der Waals surface area contributed by atoms with E-state index in [4.69, 9.17) is 23.2 Å². The molecule has 0 bridgehead atoms. The van der Waals surface area contributed by atoms with Gasteiger partial charge in [-0.3, -0.25) is 4.98 Å². The summed E-state index contributed by atoms with van der Waals surface area (Å²) in [5.41, 5.74) is 2.57. The molecule has 20 heavy (non-hydrogen) atoms. The quantitative estimate of drug-likeness (QED) is 0.678. The van der Waals surface area contributed by atoms with Crippen molar-refractivity contribution >= 4 is 23.2 Å². The number of halogens is 2. The molecule has 1 aromatic heterocycles. The molecule has 2 rings (SSSR count). The molecule has 0 aliphatic rings. The number of hydrogen-bond acceptors (Lipinski definition) is 1. The second-order valence-corrected chi connectivity index (χ2v) is 6.11. The van der Waals surface area contributed by atoms with Crippen LogP contribution in [0, 0.1) is 5.92 Å². The van der Waals surface area contributed by atoms with Crippen molar-refractivity contribution in [1.29, 1.82) is 0 Å². The fraction of sp³-hybridized carbons (Fsp3) is 0.353. The molecule has 1 heterocycles. The third kappa shape index (κ3) is 4.81. The van der Waals surface area contributed by atoms with Crippen molar-refractivity contribution in [3.63, 3.8) is 0 Å². The van der Waals surface area contributed by atoms with Crippen molar-refractivity contribution in [2.24, 2.45) is 5.92 Å². The molecule has 0 N–H and O–H groups in total. The van der Waals surface area contributed by atoms with Crippen LogP contribution in [0.5, 0.6) is 0 Å². The summed E-state index contributed by atoms with van der Waals surface area (Å²) in [4.78, 5) is 4.15. The molecule has 1 atom stereocenters. The number of aromatic nitrogens is 1. The molecule has 0 aliphatic carbocycles. The third-order valence-corrected chi connectivity index (χ3v) is 4.30. The summed E-state index contributed by atoms with van der Waals surface area (Å²) in [6.45, 7) is 2.30. The van der Waals surface area contributed by atoms with Crippen LogP contribution in [0.15, 0.2) is 42.7 Å². The fourth-order valence-electron chi connectivity index (χ4n) is 2.21. The van der Waals surface area contributed by atoms with Crippen LogP contribution < -0.4 is 0 Å². The lowest BCUT2D eigenvalue weighted by molar-refractivity contribution is 0.492. The normalized spacial score (nSPS) is 12.3. The summed E-state index contributed by atoms with van der Waals surface area (Å²) in [5, 5.41) is 1.27. The molecule has 0 radical (unpaired) electrons. The summed E-state index contributed by atoms with van der Waals surface area (Å²) >= 11 is 12.0. The molecule has 0 fully saturated rings. The Morgan fingerprint density at radius 1 is 1.00 bits per heavy atom. The summed E-state index contributed by atoms with van der Waals surface area (Å²) in [6.07, 6.45) is 8.26. The van der Waals surface area contributed by atoms with Crippen LogP contribution in [0.25, 0.3) is 0 Å². The average molecular weight is 308 g/mol. The zero-order chi connectivity index (χ0) is 14.4. The molecule has 106 valence electrons. The maximum absolute atomic E-state index is 6.03. The van der Waals surface area contributed by atoms with Gasteiger partial charge in [-0.05, 0) is 60.9 Å². The van der Waals surface area contributed by atoms with Crippen molar-refractivity contribution in [3.8, 4) is 0 Å². The molecular formula is C17H19Cl2N. The maximum atomic E-state index is 6.03. The first-order valence-electron chi connectivity index (χ1n) is 6.98. The molecule has 1 unspecified atom stereocenters. The monoisotopic (exact) mass is 307 g/mol. The van der Waals surface area contributed by atoms with Gasteiger partial charge in [-0.1, -0.05) is 42.3 Å². The van der Waals surface area contributed by atoms with Gasteiger partial charge < -0.3 is 0 Å². The minimum Gasteiger partial charge on any atom is -0.264 e. The van der Waals surface area contributed by atoms with Crippen LogP contribution in [0.2, 0.25) is 10.0 Å². The van der Waals surface area contributed by atoms with E-state index in [0.29, 0.717) is 16.0 Å². The Labute approximate surface area is 131 Å². The van der Waals surface area contributed by atoms with E-state index in [0.717, 1.165) is 19.3 Å². The van der Waals surface area contributed by atoms with Gasteiger partial charge in [0.25, 0.3) is 0 Å². The zero-order valence-electron chi connectivity index (χ0n) is 11.7. The van der Waals surface area contributed by atoms with E-state index in [2.05, 4.69) is 24.0 Å². The van der Waals surface area contributed by atoms with Gasteiger partial charge in [-0.15, -0.1) is 0 Å². The van der Waals surface area contributed by atoms with E-state index in [9.17, 15) is 0 Å². The van der Waals surface area contributed by atoms with Gasteiger partial charge >= 0.3 is 0 Å². The highest BCUT2D eigenvalue weighted by Gasteiger charge is 2.05. The molecule has 1 aromatic carbocycles. The van der Waals surface area contributed by atoms with E-state index in [1.807, 2.05) is 30.6 Å². The number of aryl methyl sites for hydroxylation is 2. The SMILES string of the molecule is CC(CCc1cccnc1)CCc1ccc(Cl)c(Cl)c1. The van der Waals surface area contributed by atoms with Crippen molar-refractivity contribution in [2.75, 3.05) is 0 Å². The topological polar surface area (TPSA) is 12.9 Å². The van der Waals surface area contributed by atoms with E-state index in [1.165, 1.54) is 17.5 Å². The highest BCUT2D eigenvalue weighted by atomic mass is 35.5. The Morgan fingerprint density at radius 3 is 2.40 bits per heavy atom. The van der Waals surface area contributed by atoms with Crippen LogP contribution in [-0.2, 0) is 12.8 Å². The van der Waals surface area contributed by atoms with E-state index < -0.39 is 0 Å². The smallest absolute Gasteiger partial charge is 0.0595 e. The van der Waals surface area contributed by atoms with Crippen molar-refractivity contribution < 1.29 is 0 Å². The van der Waals surface area contributed by atoms with Gasteiger partial charge in [-0.25, -0.2) is 0 Å². The molecule has 3 heteroatoms. The third-order valence-electron chi connectivity index (χ3n) is 3.56. The molecule has 2 aromatic rings. The number of hydrogen-bond donors (Lipinski definition) is 0. The van der Waals surface area contributed by atoms with Gasteiger partial charge in [0.2, 0.25) is 0 Å². The van der Waals surface area contributed by atoms with E-state index in [-0.39, 0.29) is 0 Å². The van der Waals surface area contributed by atoms with Crippen molar-refractivity contribution in [3.05, 3.63) is 63.9 Å². The molecule has 0 amide bonds. The number of nitrogens with zero attached hydrogens (tertiary/aromatic N) is 1. The Hall–Kier alpha value is -1.05. The lowest BCUT2D eigenvalue weighted by Crippen LogP contribution is -2.00. The first-order valence-corrected chi connectivity index (χ1v) is 7.73. The van der Waals surface area contributed by atoms with Gasteiger partial charge in [0.15, 0.2) is 0 Å². The minimum absolute atomic E-state index is 0.625. The number of benzene rings is 1.